The van der Waals surface area contributed by atoms with Gasteiger partial charge in [0.05, 0.1) is 6.61 Å². The molecule has 2 aromatic carbocycles. The summed E-state index contributed by atoms with van der Waals surface area (Å²) in [5.74, 6) is 0.444. The monoisotopic (exact) mass is 328 g/mol. The van der Waals surface area contributed by atoms with E-state index in [1.165, 1.54) is 0 Å². The number of nitrogens with zero attached hydrogens (tertiary/aromatic N) is 2. The summed E-state index contributed by atoms with van der Waals surface area (Å²) in [6.45, 7) is -0.404. The molecule has 0 amide bonds. The lowest BCUT2D eigenvalue weighted by Crippen LogP contribution is -2.32. The van der Waals surface area contributed by atoms with E-state index < -0.39 is 31.0 Å². The highest BCUT2D eigenvalue weighted by molar-refractivity contribution is 5.94. The molecule has 1 aliphatic heterocycles. The molecule has 1 fully saturated rings. The van der Waals surface area contributed by atoms with Crippen LogP contribution < -0.4 is 0 Å². The summed E-state index contributed by atoms with van der Waals surface area (Å²) < 4.78 is 10.6. The second-order valence-corrected chi connectivity index (χ2v) is 5.74. The van der Waals surface area contributed by atoms with Crippen LogP contribution in [0.3, 0.4) is 0 Å². The third-order valence-corrected chi connectivity index (χ3v) is 4.26. The minimum absolute atomic E-state index is 0.0698. The maximum atomic E-state index is 10.1. The predicted octanol–water partition coefficient (Wildman–Crippen LogP) is 1.04. The third-order valence-electron chi connectivity index (χ3n) is 4.26. The molecular formula is C17H16N2O5. The first kappa shape index (κ1) is 15.2. The Morgan fingerprint density at radius 2 is 1.79 bits per heavy atom. The van der Waals surface area contributed by atoms with Gasteiger partial charge < -0.3 is 24.6 Å². The molecule has 0 radical (unpaired) electrons. The van der Waals surface area contributed by atoms with Crippen LogP contribution in [0.2, 0.25) is 0 Å². The summed E-state index contributed by atoms with van der Waals surface area (Å²) in [7, 11) is 0. The van der Waals surface area contributed by atoms with Gasteiger partial charge in [0.1, 0.15) is 18.3 Å². The van der Waals surface area contributed by atoms with Gasteiger partial charge in [0.2, 0.25) is 5.82 Å². The van der Waals surface area contributed by atoms with Crippen LogP contribution in [-0.4, -0.2) is 50.4 Å². The van der Waals surface area contributed by atoms with Crippen molar-refractivity contribution in [1.82, 2.24) is 10.1 Å². The second kappa shape index (κ2) is 5.95. The average Bonchev–Trinajstić information content (AvgIpc) is 3.20. The molecule has 0 aliphatic carbocycles. The van der Waals surface area contributed by atoms with Crippen molar-refractivity contribution in [2.24, 2.45) is 0 Å². The molecule has 4 rings (SSSR count). The molecule has 7 nitrogen and oxygen atoms in total. The van der Waals surface area contributed by atoms with Gasteiger partial charge in [0.25, 0.3) is 5.89 Å². The first-order chi connectivity index (χ1) is 11.7. The Bertz CT molecular complexity index is 860. The number of benzene rings is 2. The van der Waals surface area contributed by atoms with Crippen LogP contribution in [0.15, 0.2) is 47.0 Å². The van der Waals surface area contributed by atoms with Crippen molar-refractivity contribution in [2.45, 2.75) is 24.4 Å². The van der Waals surface area contributed by atoms with Crippen LogP contribution >= 0.6 is 0 Å². The summed E-state index contributed by atoms with van der Waals surface area (Å²) in [5.41, 5.74) is 0.801. The second-order valence-electron chi connectivity index (χ2n) is 5.74. The van der Waals surface area contributed by atoms with Gasteiger partial charge in [-0.25, -0.2) is 0 Å². The Labute approximate surface area is 137 Å². The van der Waals surface area contributed by atoms with Gasteiger partial charge in [0, 0.05) is 5.56 Å². The van der Waals surface area contributed by atoms with Gasteiger partial charge in [-0.3, -0.25) is 0 Å². The molecule has 4 atom stereocenters. The molecule has 124 valence electrons. The lowest BCUT2D eigenvalue weighted by Gasteiger charge is -2.10. The number of aliphatic hydroxyl groups excluding tert-OH is 3. The van der Waals surface area contributed by atoms with Gasteiger partial charge in [-0.15, -0.1) is 0 Å². The summed E-state index contributed by atoms with van der Waals surface area (Å²) in [4.78, 5) is 4.31. The zero-order valence-electron chi connectivity index (χ0n) is 12.6. The fourth-order valence-corrected chi connectivity index (χ4v) is 2.98. The molecule has 3 aromatic rings. The smallest absolute Gasteiger partial charge is 0.258 e. The van der Waals surface area contributed by atoms with Crippen molar-refractivity contribution in [3.05, 3.63) is 48.4 Å². The molecule has 2 heterocycles. The van der Waals surface area contributed by atoms with E-state index in [9.17, 15) is 10.2 Å². The molecule has 1 aliphatic rings. The van der Waals surface area contributed by atoms with E-state index in [1.807, 2.05) is 42.5 Å². The number of aromatic nitrogens is 2. The molecule has 1 saturated heterocycles. The summed E-state index contributed by atoms with van der Waals surface area (Å²) >= 11 is 0. The van der Waals surface area contributed by atoms with Crippen molar-refractivity contribution in [3.63, 3.8) is 0 Å². The molecule has 7 heteroatoms. The van der Waals surface area contributed by atoms with Crippen molar-refractivity contribution in [2.75, 3.05) is 6.61 Å². The topological polar surface area (TPSA) is 109 Å². The molecule has 0 saturated carbocycles. The van der Waals surface area contributed by atoms with Gasteiger partial charge in [-0.1, -0.05) is 47.6 Å². The van der Waals surface area contributed by atoms with Crippen molar-refractivity contribution < 1.29 is 24.6 Å². The first-order valence-corrected chi connectivity index (χ1v) is 7.63. The number of fused-ring (bicyclic) bond motifs is 1. The highest BCUT2D eigenvalue weighted by Crippen LogP contribution is 2.34. The van der Waals surface area contributed by atoms with Gasteiger partial charge in [0.15, 0.2) is 6.10 Å². The van der Waals surface area contributed by atoms with Crippen LogP contribution in [0, 0.1) is 0 Å². The Kier molecular flexibility index (Phi) is 3.78. The minimum Gasteiger partial charge on any atom is -0.394 e. The Balaban J connectivity index is 1.70. The van der Waals surface area contributed by atoms with E-state index in [4.69, 9.17) is 14.4 Å². The summed E-state index contributed by atoms with van der Waals surface area (Å²) in [5, 5.41) is 35.0. The Hall–Kier alpha value is -2.32. The van der Waals surface area contributed by atoms with Crippen LogP contribution in [0.5, 0.6) is 0 Å². The SMILES string of the molecule is OC[C@H]1O[C@@H](c2nc(-c3cccc4ccccc34)no2)[C@H](O)[C@@H]1O. The van der Waals surface area contributed by atoms with E-state index in [-0.39, 0.29) is 5.89 Å². The van der Waals surface area contributed by atoms with Crippen LogP contribution in [0.4, 0.5) is 0 Å². The van der Waals surface area contributed by atoms with E-state index in [2.05, 4.69) is 10.1 Å². The van der Waals surface area contributed by atoms with Crippen molar-refractivity contribution in [1.29, 1.82) is 0 Å². The standard InChI is InChI=1S/C17H16N2O5/c20-8-12-13(21)14(22)15(23-12)17-18-16(19-24-17)11-7-3-5-9-4-1-2-6-10(9)11/h1-7,12-15,20-22H,8H2/t12-,13-,14-,15-/m1/s1. The van der Waals surface area contributed by atoms with Crippen molar-refractivity contribution >= 4 is 10.8 Å². The Morgan fingerprint density at radius 3 is 2.58 bits per heavy atom. The van der Waals surface area contributed by atoms with Gasteiger partial charge in [-0.05, 0) is 10.8 Å². The van der Waals surface area contributed by atoms with Crippen LogP contribution in [-0.2, 0) is 4.74 Å². The summed E-state index contributed by atoms with van der Waals surface area (Å²) in [6.07, 6.45) is -4.28. The molecule has 0 bridgehead atoms. The Morgan fingerprint density at radius 1 is 1.00 bits per heavy atom. The fraction of sp³-hybridized carbons (Fsp3) is 0.294. The molecule has 3 N–H and O–H groups in total. The van der Waals surface area contributed by atoms with Gasteiger partial charge >= 0.3 is 0 Å². The highest BCUT2D eigenvalue weighted by Gasteiger charge is 2.45. The number of hydrogen-bond acceptors (Lipinski definition) is 7. The normalized spacial score (nSPS) is 27.0. The highest BCUT2D eigenvalue weighted by atomic mass is 16.6. The molecular weight excluding hydrogens is 312 g/mol. The van der Waals surface area contributed by atoms with Crippen molar-refractivity contribution in [3.8, 4) is 11.4 Å². The molecule has 1 aromatic heterocycles. The fourth-order valence-electron chi connectivity index (χ4n) is 2.98. The number of hydrogen-bond donors (Lipinski definition) is 3. The maximum absolute atomic E-state index is 10.1. The lowest BCUT2D eigenvalue weighted by atomic mass is 10.0. The summed E-state index contributed by atoms with van der Waals surface area (Å²) in [6, 6.07) is 13.6. The number of rotatable bonds is 3. The predicted molar refractivity (Wildman–Crippen MR) is 84.0 cm³/mol. The molecule has 0 spiro atoms. The third kappa shape index (κ3) is 2.38. The number of aliphatic hydroxyl groups is 3. The number of ether oxygens (including phenoxy) is 1. The van der Waals surface area contributed by atoms with Crippen LogP contribution in [0.25, 0.3) is 22.2 Å². The van der Waals surface area contributed by atoms with E-state index in [0.717, 1.165) is 16.3 Å². The quantitative estimate of drug-likeness (QED) is 0.659. The van der Waals surface area contributed by atoms with E-state index >= 15 is 0 Å². The maximum Gasteiger partial charge on any atom is 0.258 e. The van der Waals surface area contributed by atoms with Gasteiger partial charge in [-0.2, -0.15) is 4.98 Å². The molecule has 0 unspecified atom stereocenters. The molecule has 24 heavy (non-hydrogen) atoms. The zero-order valence-corrected chi connectivity index (χ0v) is 12.6. The minimum atomic E-state index is -1.23. The zero-order chi connectivity index (χ0) is 16.7. The van der Waals surface area contributed by atoms with Crippen LogP contribution in [0.1, 0.15) is 12.0 Å². The first-order valence-electron chi connectivity index (χ1n) is 7.63. The average molecular weight is 328 g/mol. The largest absolute Gasteiger partial charge is 0.394 e. The lowest BCUT2D eigenvalue weighted by molar-refractivity contribution is -0.0325. The van der Waals surface area contributed by atoms with E-state index in [0.29, 0.717) is 5.82 Å². The van der Waals surface area contributed by atoms with E-state index in [1.54, 1.807) is 0 Å².